The molecule has 7 heteroatoms. The highest BCUT2D eigenvalue weighted by molar-refractivity contribution is 6.14. The van der Waals surface area contributed by atoms with E-state index < -0.39 is 40.6 Å². The maximum atomic E-state index is 12.5. The van der Waals surface area contributed by atoms with Gasteiger partial charge in [0.2, 0.25) is 5.91 Å². The summed E-state index contributed by atoms with van der Waals surface area (Å²) in [6.45, 7) is 6.15. The number of ether oxygens (including phenoxy) is 1. The first-order valence-corrected chi connectivity index (χ1v) is 8.37. The molecule has 1 heterocycles. The molecule has 2 rings (SSSR count). The Hall–Kier alpha value is -2.70. The van der Waals surface area contributed by atoms with E-state index in [0.717, 1.165) is 10.5 Å². The second-order valence-electron chi connectivity index (χ2n) is 7.46. The Labute approximate surface area is 152 Å². The number of carbonyl (C=O) groups is 4. The molecular formula is C19H24N2O5. The van der Waals surface area contributed by atoms with Crippen LogP contribution in [0.2, 0.25) is 0 Å². The molecule has 1 aromatic rings. The molecule has 0 bridgehead atoms. The number of rotatable bonds is 6. The Bertz CT molecular complexity index is 722. The molecule has 2 atom stereocenters. The second kappa shape index (κ2) is 6.90. The third-order valence-corrected chi connectivity index (χ3v) is 4.76. The number of amides is 2. The van der Waals surface area contributed by atoms with Gasteiger partial charge in [-0.3, -0.25) is 14.4 Å². The number of likely N-dealkylation sites (tertiary alicyclic amines) is 1. The minimum absolute atomic E-state index is 0.0391. The van der Waals surface area contributed by atoms with Crippen LogP contribution in [0.3, 0.4) is 0 Å². The molecule has 0 aromatic heterocycles. The van der Waals surface area contributed by atoms with E-state index in [-0.39, 0.29) is 13.0 Å². The molecule has 26 heavy (non-hydrogen) atoms. The van der Waals surface area contributed by atoms with E-state index >= 15 is 0 Å². The highest BCUT2D eigenvalue weighted by Gasteiger charge is 2.64. The average Bonchev–Trinajstić information content (AvgIpc) is 2.54. The minimum atomic E-state index is -1.90. The van der Waals surface area contributed by atoms with Crippen molar-refractivity contribution in [1.29, 1.82) is 0 Å². The third-order valence-electron chi connectivity index (χ3n) is 4.76. The number of benzene rings is 1. The quantitative estimate of drug-likeness (QED) is 0.466. The van der Waals surface area contributed by atoms with Gasteiger partial charge in [-0.15, -0.1) is 0 Å². The van der Waals surface area contributed by atoms with Crippen LogP contribution in [-0.2, 0) is 30.5 Å². The Morgan fingerprint density at radius 1 is 1.19 bits per heavy atom. The van der Waals surface area contributed by atoms with Crippen LogP contribution < -0.4 is 5.73 Å². The van der Waals surface area contributed by atoms with Crippen molar-refractivity contribution in [3.05, 3.63) is 35.9 Å². The fraction of sp³-hybridized carbons (Fsp3) is 0.474. The molecule has 1 fully saturated rings. The fourth-order valence-electron chi connectivity index (χ4n) is 3.57. The van der Waals surface area contributed by atoms with E-state index in [0.29, 0.717) is 0 Å². The van der Waals surface area contributed by atoms with E-state index in [4.69, 9.17) is 10.5 Å². The van der Waals surface area contributed by atoms with Gasteiger partial charge < -0.3 is 15.4 Å². The topological polar surface area (TPSA) is 107 Å². The van der Waals surface area contributed by atoms with Crippen LogP contribution in [0.1, 0.15) is 39.7 Å². The summed E-state index contributed by atoms with van der Waals surface area (Å²) < 4.78 is 5.28. The predicted molar refractivity (Wildman–Crippen MR) is 93.6 cm³/mol. The van der Waals surface area contributed by atoms with Gasteiger partial charge in [0.1, 0.15) is 12.6 Å². The summed E-state index contributed by atoms with van der Waals surface area (Å²) in [7, 11) is 0. The van der Waals surface area contributed by atoms with E-state index in [1.54, 1.807) is 32.9 Å². The molecule has 0 radical (unpaired) electrons. The molecule has 140 valence electrons. The number of esters is 1. The Balaban J connectivity index is 2.28. The van der Waals surface area contributed by atoms with Gasteiger partial charge in [-0.25, -0.2) is 4.79 Å². The monoisotopic (exact) mass is 360 g/mol. The number of nitrogens with zero attached hydrogens (tertiary/aromatic N) is 1. The Morgan fingerprint density at radius 3 is 2.19 bits per heavy atom. The van der Waals surface area contributed by atoms with Crippen molar-refractivity contribution in [2.45, 2.75) is 52.3 Å². The Kier molecular flexibility index (Phi) is 5.21. The summed E-state index contributed by atoms with van der Waals surface area (Å²) in [6, 6.07) is 8.06. The summed E-state index contributed by atoms with van der Waals surface area (Å²) in [5.74, 6) is -2.67. The molecule has 2 unspecified atom stereocenters. The van der Waals surface area contributed by atoms with Crippen molar-refractivity contribution in [3.63, 3.8) is 0 Å². The molecule has 0 aliphatic carbocycles. The van der Waals surface area contributed by atoms with Gasteiger partial charge in [0.25, 0.3) is 5.91 Å². The standard InChI is InChI=1S/C19H24N2O5/c1-12(22)19(17(20)25,18(2,3)4)21-14(10-15(21)23)16(24)26-11-13-8-6-5-7-9-13/h5-9,14H,10-11H2,1-4H3,(H2,20,25). The van der Waals surface area contributed by atoms with Gasteiger partial charge in [0.05, 0.1) is 6.42 Å². The summed E-state index contributed by atoms with van der Waals surface area (Å²) in [6.07, 6.45) is -0.119. The number of β-lactam (4-membered cyclic amide) rings is 1. The van der Waals surface area contributed by atoms with Crippen molar-refractivity contribution in [1.82, 2.24) is 4.90 Å². The lowest BCUT2D eigenvalue weighted by atomic mass is 9.67. The summed E-state index contributed by atoms with van der Waals surface area (Å²) in [5, 5.41) is 0. The maximum absolute atomic E-state index is 12.5. The molecule has 0 saturated carbocycles. The first-order valence-electron chi connectivity index (χ1n) is 8.37. The largest absolute Gasteiger partial charge is 0.459 e. The zero-order valence-electron chi connectivity index (χ0n) is 15.4. The van der Waals surface area contributed by atoms with Gasteiger partial charge >= 0.3 is 5.97 Å². The second-order valence-corrected chi connectivity index (χ2v) is 7.46. The van der Waals surface area contributed by atoms with Gasteiger partial charge in [0, 0.05) is 5.41 Å². The van der Waals surface area contributed by atoms with Gasteiger partial charge in [0.15, 0.2) is 11.3 Å². The zero-order chi connectivity index (χ0) is 19.7. The van der Waals surface area contributed by atoms with E-state index in [9.17, 15) is 19.2 Å². The van der Waals surface area contributed by atoms with E-state index in [1.165, 1.54) is 6.92 Å². The van der Waals surface area contributed by atoms with Crippen LogP contribution in [0.4, 0.5) is 0 Å². The van der Waals surface area contributed by atoms with Crippen LogP contribution in [0.5, 0.6) is 0 Å². The molecule has 1 aromatic carbocycles. The van der Waals surface area contributed by atoms with Gasteiger partial charge in [-0.1, -0.05) is 51.1 Å². The SMILES string of the molecule is CC(=O)C(C(N)=O)(N1C(=O)CC1C(=O)OCc1ccccc1)C(C)(C)C. The molecule has 7 nitrogen and oxygen atoms in total. The maximum Gasteiger partial charge on any atom is 0.329 e. The van der Waals surface area contributed by atoms with Crippen molar-refractivity contribution in [2.24, 2.45) is 11.1 Å². The molecule has 1 saturated heterocycles. The highest BCUT2D eigenvalue weighted by Crippen LogP contribution is 2.42. The minimum Gasteiger partial charge on any atom is -0.459 e. The lowest BCUT2D eigenvalue weighted by molar-refractivity contribution is -0.186. The average molecular weight is 360 g/mol. The number of nitrogens with two attached hydrogens (primary N) is 1. The first kappa shape index (κ1) is 19.6. The van der Waals surface area contributed by atoms with Crippen molar-refractivity contribution in [2.75, 3.05) is 0 Å². The van der Waals surface area contributed by atoms with E-state index in [1.807, 2.05) is 18.2 Å². The summed E-state index contributed by atoms with van der Waals surface area (Å²) in [4.78, 5) is 50.5. The van der Waals surface area contributed by atoms with E-state index in [2.05, 4.69) is 0 Å². The van der Waals surface area contributed by atoms with Gasteiger partial charge in [-0.05, 0) is 12.5 Å². The first-order chi connectivity index (χ1) is 12.0. The lowest BCUT2D eigenvalue weighted by Crippen LogP contribution is -2.77. The smallest absolute Gasteiger partial charge is 0.329 e. The number of hydrogen-bond donors (Lipinski definition) is 1. The molecule has 1 aliphatic rings. The molecule has 2 N–H and O–H groups in total. The molecule has 2 amide bonds. The molecule has 0 spiro atoms. The van der Waals surface area contributed by atoms with Crippen LogP contribution >= 0.6 is 0 Å². The summed E-state index contributed by atoms with van der Waals surface area (Å²) >= 11 is 0. The zero-order valence-corrected chi connectivity index (χ0v) is 15.4. The van der Waals surface area contributed by atoms with Crippen LogP contribution in [0, 0.1) is 5.41 Å². The summed E-state index contributed by atoms with van der Waals surface area (Å²) in [5.41, 5.74) is 3.45. The van der Waals surface area contributed by atoms with Crippen LogP contribution in [-0.4, -0.2) is 40.0 Å². The van der Waals surface area contributed by atoms with Crippen LogP contribution in [0.15, 0.2) is 30.3 Å². The predicted octanol–water partition coefficient (Wildman–Crippen LogP) is 1.19. The van der Waals surface area contributed by atoms with Crippen molar-refractivity contribution < 1.29 is 23.9 Å². The lowest BCUT2D eigenvalue weighted by Gasteiger charge is -2.54. The molecule has 1 aliphatic heterocycles. The van der Waals surface area contributed by atoms with Crippen molar-refractivity contribution in [3.8, 4) is 0 Å². The number of primary amides is 1. The number of hydrogen-bond acceptors (Lipinski definition) is 5. The van der Waals surface area contributed by atoms with Crippen LogP contribution in [0.25, 0.3) is 0 Å². The fourth-order valence-corrected chi connectivity index (χ4v) is 3.57. The highest BCUT2D eigenvalue weighted by atomic mass is 16.5. The number of carbonyl (C=O) groups excluding carboxylic acids is 4. The third kappa shape index (κ3) is 3.09. The number of ketones is 1. The van der Waals surface area contributed by atoms with Crippen molar-refractivity contribution >= 4 is 23.6 Å². The number of Topliss-reactive ketones (excluding diaryl/α,β-unsaturated/α-hetero) is 1. The normalized spacial score (nSPS) is 19.3. The van der Waals surface area contributed by atoms with Gasteiger partial charge in [-0.2, -0.15) is 0 Å². The molecular weight excluding hydrogens is 336 g/mol. The Morgan fingerprint density at radius 2 is 1.77 bits per heavy atom.